The quantitative estimate of drug-likeness (QED) is 0.521. The van der Waals surface area contributed by atoms with Crippen LogP contribution in [0, 0.1) is 0 Å². The van der Waals surface area contributed by atoms with Gasteiger partial charge in [0.15, 0.2) is 6.61 Å². The summed E-state index contributed by atoms with van der Waals surface area (Å²) in [5.74, 6) is 0.0352. The van der Waals surface area contributed by atoms with E-state index in [-0.39, 0.29) is 29.9 Å². The second-order valence-electron chi connectivity index (χ2n) is 8.76. The minimum absolute atomic E-state index is 0.0538. The first kappa shape index (κ1) is 23.1. The predicted molar refractivity (Wildman–Crippen MR) is 128 cm³/mol. The summed E-state index contributed by atoms with van der Waals surface area (Å²) >= 11 is 0. The Hall–Kier alpha value is -3.60. The fourth-order valence-corrected chi connectivity index (χ4v) is 3.28. The van der Waals surface area contributed by atoms with Crippen molar-refractivity contribution in [2.75, 3.05) is 11.9 Å². The van der Waals surface area contributed by atoms with Gasteiger partial charge in [0.1, 0.15) is 5.75 Å². The summed E-state index contributed by atoms with van der Waals surface area (Å²) in [6, 6.07) is 24.2. The zero-order valence-corrected chi connectivity index (χ0v) is 19.0. The lowest BCUT2D eigenvalue weighted by Crippen LogP contribution is -2.28. The van der Waals surface area contributed by atoms with Gasteiger partial charge in [0, 0.05) is 0 Å². The summed E-state index contributed by atoms with van der Waals surface area (Å²) in [6.07, 6.45) is 0. The Balaban J connectivity index is 1.60. The van der Waals surface area contributed by atoms with Crippen LogP contribution in [0.4, 0.5) is 5.69 Å². The highest BCUT2D eigenvalue weighted by Gasteiger charge is 2.17. The third-order valence-electron chi connectivity index (χ3n) is 5.18. The number of nitrogens with one attached hydrogen (secondary N) is 2. The largest absolute Gasteiger partial charge is 0.484 e. The molecule has 2 amide bonds. The Morgan fingerprint density at radius 1 is 0.875 bits per heavy atom. The number of para-hydroxylation sites is 1. The Bertz CT molecular complexity index is 1050. The zero-order chi connectivity index (χ0) is 23.1. The van der Waals surface area contributed by atoms with E-state index in [0.717, 1.165) is 5.56 Å². The van der Waals surface area contributed by atoms with Crippen LogP contribution in [0.5, 0.6) is 5.75 Å². The summed E-state index contributed by atoms with van der Waals surface area (Å²) in [5, 5.41) is 5.77. The maximum atomic E-state index is 12.8. The van der Waals surface area contributed by atoms with E-state index in [4.69, 9.17) is 4.74 Å². The molecular formula is C27H30N2O3. The standard InChI is InChI=1S/C27H30N2O3/c1-19(20-10-6-5-7-11-20)28-26(31)23-12-8-9-13-24(23)29-25(30)18-32-22-16-14-21(15-17-22)27(2,3)4/h5-17,19H,18H2,1-4H3,(H,28,31)(H,29,30)/t19-/m0/s1. The van der Waals surface area contributed by atoms with Crippen molar-refractivity contribution >= 4 is 17.5 Å². The SMILES string of the molecule is C[C@H](NC(=O)c1ccccc1NC(=O)COc1ccc(C(C)(C)C)cc1)c1ccccc1. The van der Waals surface area contributed by atoms with Crippen LogP contribution in [0.2, 0.25) is 0 Å². The molecule has 0 aromatic heterocycles. The minimum atomic E-state index is -0.332. The Morgan fingerprint density at radius 3 is 2.16 bits per heavy atom. The second kappa shape index (κ2) is 10.1. The molecule has 0 heterocycles. The molecule has 0 spiro atoms. The van der Waals surface area contributed by atoms with Crippen molar-refractivity contribution in [3.63, 3.8) is 0 Å². The van der Waals surface area contributed by atoms with Crippen LogP contribution < -0.4 is 15.4 Å². The first-order valence-electron chi connectivity index (χ1n) is 10.7. The number of benzene rings is 3. The molecule has 0 aliphatic heterocycles. The molecular weight excluding hydrogens is 400 g/mol. The molecule has 5 heteroatoms. The number of hydrogen-bond donors (Lipinski definition) is 2. The topological polar surface area (TPSA) is 67.4 Å². The fourth-order valence-electron chi connectivity index (χ4n) is 3.28. The molecule has 1 atom stereocenters. The lowest BCUT2D eigenvalue weighted by molar-refractivity contribution is -0.118. The average molecular weight is 431 g/mol. The summed E-state index contributed by atoms with van der Waals surface area (Å²) in [4.78, 5) is 25.3. The molecule has 0 saturated heterocycles. The second-order valence-corrected chi connectivity index (χ2v) is 8.76. The Kier molecular flexibility index (Phi) is 7.31. The number of carbonyl (C=O) groups excluding carboxylic acids is 2. The van der Waals surface area contributed by atoms with E-state index in [0.29, 0.717) is 17.0 Å². The van der Waals surface area contributed by atoms with Gasteiger partial charge in [0.25, 0.3) is 11.8 Å². The average Bonchev–Trinajstić information content (AvgIpc) is 2.78. The van der Waals surface area contributed by atoms with Crippen LogP contribution >= 0.6 is 0 Å². The van der Waals surface area contributed by atoms with Crippen molar-refractivity contribution in [2.24, 2.45) is 0 Å². The lowest BCUT2D eigenvalue weighted by Gasteiger charge is -2.19. The highest BCUT2D eigenvalue weighted by Crippen LogP contribution is 2.24. The number of carbonyl (C=O) groups is 2. The van der Waals surface area contributed by atoms with E-state index in [1.807, 2.05) is 61.5 Å². The number of amides is 2. The highest BCUT2D eigenvalue weighted by atomic mass is 16.5. The monoisotopic (exact) mass is 430 g/mol. The van der Waals surface area contributed by atoms with E-state index >= 15 is 0 Å². The van der Waals surface area contributed by atoms with Gasteiger partial charge in [0.05, 0.1) is 17.3 Å². The van der Waals surface area contributed by atoms with Crippen LogP contribution in [0.25, 0.3) is 0 Å². The lowest BCUT2D eigenvalue weighted by atomic mass is 9.87. The molecule has 32 heavy (non-hydrogen) atoms. The van der Waals surface area contributed by atoms with Crippen molar-refractivity contribution in [1.29, 1.82) is 0 Å². The Labute approximate surface area is 189 Å². The third-order valence-corrected chi connectivity index (χ3v) is 5.18. The van der Waals surface area contributed by atoms with Gasteiger partial charge in [-0.25, -0.2) is 0 Å². The summed E-state index contributed by atoms with van der Waals surface area (Å²) in [6.45, 7) is 8.21. The van der Waals surface area contributed by atoms with Crippen molar-refractivity contribution < 1.29 is 14.3 Å². The molecule has 2 N–H and O–H groups in total. The molecule has 3 aromatic carbocycles. The molecule has 3 aromatic rings. The van der Waals surface area contributed by atoms with Gasteiger partial charge >= 0.3 is 0 Å². The Morgan fingerprint density at radius 2 is 1.50 bits per heavy atom. The molecule has 3 rings (SSSR count). The maximum Gasteiger partial charge on any atom is 0.262 e. The first-order valence-corrected chi connectivity index (χ1v) is 10.7. The van der Waals surface area contributed by atoms with Crippen LogP contribution in [-0.4, -0.2) is 18.4 Å². The van der Waals surface area contributed by atoms with Crippen molar-refractivity contribution in [3.05, 3.63) is 95.6 Å². The van der Waals surface area contributed by atoms with E-state index < -0.39 is 0 Å². The van der Waals surface area contributed by atoms with Crippen molar-refractivity contribution in [1.82, 2.24) is 5.32 Å². The number of anilines is 1. The van der Waals surface area contributed by atoms with Gasteiger partial charge in [0.2, 0.25) is 0 Å². The number of ether oxygens (including phenoxy) is 1. The number of hydrogen-bond acceptors (Lipinski definition) is 3. The minimum Gasteiger partial charge on any atom is -0.484 e. The molecule has 0 bridgehead atoms. The summed E-state index contributed by atoms with van der Waals surface area (Å²) < 4.78 is 5.62. The van der Waals surface area contributed by atoms with Crippen LogP contribution in [0.1, 0.15) is 55.2 Å². The van der Waals surface area contributed by atoms with Gasteiger partial charge in [-0.2, -0.15) is 0 Å². The number of rotatable bonds is 7. The van der Waals surface area contributed by atoms with E-state index in [9.17, 15) is 9.59 Å². The summed E-state index contributed by atoms with van der Waals surface area (Å²) in [5.41, 5.74) is 3.10. The van der Waals surface area contributed by atoms with Crippen molar-refractivity contribution in [3.8, 4) is 5.75 Å². The molecule has 0 unspecified atom stereocenters. The zero-order valence-electron chi connectivity index (χ0n) is 19.0. The smallest absolute Gasteiger partial charge is 0.262 e. The van der Waals surface area contributed by atoms with Gasteiger partial charge in [-0.1, -0.05) is 75.4 Å². The van der Waals surface area contributed by atoms with Crippen molar-refractivity contribution in [2.45, 2.75) is 39.2 Å². The predicted octanol–water partition coefficient (Wildman–Crippen LogP) is 5.49. The summed E-state index contributed by atoms with van der Waals surface area (Å²) in [7, 11) is 0. The normalized spacial score (nSPS) is 12.0. The molecule has 0 fully saturated rings. The molecule has 0 saturated carbocycles. The van der Waals surface area contributed by atoms with Crippen LogP contribution in [-0.2, 0) is 10.2 Å². The van der Waals surface area contributed by atoms with Gasteiger partial charge in [-0.3, -0.25) is 9.59 Å². The maximum absolute atomic E-state index is 12.8. The van der Waals surface area contributed by atoms with Gasteiger partial charge < -0.3 is 15.4 Å². The van der Waals surface area contributed by atoms with E-state index in [1.54, 1.807) is 24.3 Å². The highest BCUT2D eigenvalue weighted by molar-refractivity contribution is 6.04. The van der Waals surface area contributed by atoms with E-state index in [2.05, 4.69) is 31.4 Å². The molecule has 166 valence electrons. The first-order chi connectivity index (χ1) is 15.2. The van der Waals surface area contributed by atoms with Gasteiger partial charge in [-0.15, -0.1) is 0 Å². The molecule has 0 radical (unpaired) electrons. The fraction of sp³-hybridized carbons (Fsp3) is 0.259. The third kappa shape index (κ3) is 6.20. The molecule has 0 aliphatic rings. The van der Waals surface area contributed by atoms with Crippen LogP contribution in [0.3, 0.4) is 0 Å². The van der Waals surface area contributed by atoms with Crippen LogP contribution in [0.15, 0.2) is 78.9 Å². The van der Waals surface area contributed by atoms with E-state index in [1.165, 1.54) is 5.56 Å². The molecule has 0 aliphatic carbocycles. The molecule has 5 nitrogen and oxygen atoms in total. The van der Waals surface area contributed by atoms with Gasteiger partial charge in [-0.05, 0) is 47.7 Å².